The quantitative estimate of drug-likeness (QED) is 0.803. The molecule has 98 valence electrons. The third kappa shape index (κ3) is 3.01. The molecule has 3 N–H and O–H groups in total. The monoisotopic (exact) mass is 248 g/mol. The highest BCUT2D eigenvalue weighted by molar-refractivity contribution is 5.85. The Morgan fingerprint density at radius 2 is 2.17 bits per heavy atom. The average molecular weight is 248 g/mol. The van der Waals surface area contributed by atoms with Crippen molar-refractivity contribution in [2.75, 3.05) is 5.32 Å². The minimum absolute atomic E-state index is 0.135. The fourth-order valence-corrected chi connectivity index (χ4v) is 2.15. The van der Waals surface area contributed by atoms with Gasteiger partial charge in [-0.05, 0) is 56.9 Å². The van der Waals surface area contributed by atoms with Gasteiger partial charge in [0.2, 0.25) is 0 Å². The van der Waals surface area contributed by atoms with E-state index < -0.39 is 11.7 Å². The second-order valence-corrected chi connectivity index (χ2v) is 5.69. The summed E-state index contributed by atoms with van der Waals surface area (Å²) in [4.78, 5) is 11.6. The second kappa shape index (κ2) is 4.61. The first-order chi connectivity index (χ1) is 8.35. The molecule has 0 radical (unpaired) electrons. The van der Waals surface area contributed by atoms with Crippen molar-refractivity contribution in [3.8, 4) is 0 Å². The molecular weight excluding hydrogens is 228 g/mol. The fourth-order valence-electron chi connectivity index (χ4n) is 2.15. The van der Waals surface area contributed by atoms with Crippen molar-refractivity contribution in [1.82, 2.24) is 0 Å². The molecule has 0 heterocycles. The summed E-state index contributed by atoms with van der Waals surface area (Å²) >= 11 is 0. The van der Waals surface area contributed by atoms with Gasteiger partial charge in [0.15, 0.2) is 0 Å². The van der Waals surface area contributed by atoms with E-state index in [4.69, 9.17) is 10.5 Å². The van der Waals surface area contributed by atoms with Crippen LogP contribution in [0, 0.1) is 0 Å². The van der Waals surface area contributed by atoms with Gasteiger partial charge in [0.05, 0.1) is 0 Å². The van der Waals surface area contributed by atoms with Gasteiger partial charge >= 0.3 is 6.09 Å². The Bertz CT molecular complexity index is 463. The van der Waals surface area contributed by atoms with Crippen LogP contribution in [-0.4, -0.2) is 11.7 Å². The van der Waals surface area contributed by atoms with Crippen LogP contribution < -0.4 is 11.1 Å². The zero-order valence-electron chi connectivity index (χ0n) is 11.1. The van der Waals surface area contributed by atoms with E-state index in [1.807, 2.05) is 39.0 Å². The number of carbonyl (C=O) groups is 1. The molecule has 0 aromatic heterocycles. The zero-order chi connectivity index (χ0) is 13.3. The Kier molecular flexibility index (Phi) is 3.30. The number of nitrogens with two attached hydrogens (primary N) is 1. The largest absolute Gasteiger partial charge is 0.444 e. The molecule has 0 saturated heterocycles. The van der Waals surface area contributed by atoms with E-state index in [-0.39, 0.29) is 6.04 Å². The van der Waals surface area contributed by atoms with Crippen LogP contribution in [0.2, 0.25) is 0 Å². The maximum absolute atomic E-state index is 11.6. The first-order valence-corrected chi connectivity index (χ1v) is 6.23. The Morgan fingerprint density at radius 1 is 1.44 bits per heavy atom. The van der Waals surface area contributed by atoms with Crippen LogP contribution in [0.15, 0.2) is 18.2 Å². The normalized spacial score (nSPS) is 18.3. The number of hydrogen-bond donors (Lipinski definition) is 2. The summed E-state index contributed by atoms with van der Waals surface area (Å²) in [7, 11) is 0. The van der Waals surface area contributed by atoms with Gasteiger partial charge in [0, 0.05) is 11.7 Å². The molecule has 0 unspecified atom stereocenters. The number of nitrogens with one attached hydrogen (secondary N) is 1. The molecule has 1 atom stereocenters. The lowest BCUT2D eigenvalue weighted by atomic mass is 10.1. The average Bonchev–Trinajstić information content (AvgIpc) is 2.57. The molecule has 0 bridgehead atoms. The predicted octanol–water partition coefficient (Wildman–Crippen LogP) is 2.98. The van der Waals surface area contributed by atoms with E-state index >= 15 is 0 Å². The summed E-state index contributed by atoms with van der Waals surface area (Å²) in [5, 5.41) is 2.74. The third-order valence-corrected chi connectivity index (χ3v) is 2.91. The number of ether oxygens (including phenoxy) is 1. The SMILES string of the molecule is CC(C)(C)OC(=O)Nc1ccc2c(c1)CC[C@H]2N. The first-order valence-electron chi connectivity index (χ1n) is 6.23. The Labute approximate surface area is 108 Å². The smallest absolute Gasteiger partial charge is 0.412 e. The van der Waals surface area contributed by atoms with Crippen LogP contribution >= 0.6 is 0 Å². The van der Waals surface area contributed by atoms with E-state index in [1.54, 1.807) is 0 Å². The number of amides is 1. The molecule has 4 nitrogen and oxygen atoms in total. The van der Waals surface area contributed by atoms with Crippen LogP contribution in [0.4, 0.5) is 10.5 Å². The molecule has 18 heavy (non-hydrogen) atoms. The lowest BCUT2D eigenvalue weighted by molar-refractivity contribution is 0.0636. The summed E-state index contributed by atoms with van der Waals surface area (Å²) in [6.45, 7) is 5.52. The standard InChI is InChI=1S/C14H20N2O2/c1-14(2,3)18-13(17)16-10-5-6-11-9(8-10)4-7-12(11)15/h5-6,8,12H,4,7,15H2,1-3H3,(H,16,17)/t12-/m1/s1. The Hall–Kier alpha value is -1.55. The molecule has 0 spiro atoms. The van der Waals surface area contributed by atoms with Crippen LogP contribution in [0.1, 0.15) is 44.4 Å². The van der Waals surface area contributed by atoms with Crippen molar-refractivity contribution in [2.45, 2.75) is 45.3 Å². The topological polar surface area (TPSA) is 64.3 Å². The molecule has 0 aliphatic heterocycles. The van der Waals surface area contributed by atoms with Gasteiger partial charge < -0.3 is 10.5 Å². The summed E-state index contributed by atoms with van der Waals surface area (Å²) in [5.74, 6) is 0. The second-order valence-electron chi connectivity index (χ2n) is 5.69. The van der Waals surface area contributed by atoms with Crippen LogP contribution in [0.3, 0.4) is 0 Å². The fraction of sp³-hybridized carbons (Fsp3) is 0.500. The molecule has 1 aromatic rings. The highest BCUT2D eigenvalue weighted by Crippen LogP contribution is 2.31. The van der Waals surface area contributed by atoms with Crippen molar-refractivity contribution >= 4 is 11.8 Å². The van der Waals surface area contributed by atoms with Crippen molar-refractivity contribution in [1.29, 1.82) is 0 Å². The third-order valence-electron chi connectivity index (χ3n) is 2.91. The van der Waals surface area contributed by atoms with E-state index in [0.717, 1.165) is 18.5 Å². The van der Waals surface area contributed by atoms with Gasteiger partial charge in [-0.25, -0.2) is 4.79 Å². The molecule has 1 amide bonds. The molecular formula is C14H20N2O2. The highest BCUT2D eigenvalue weighted by Gasteiger charge is 2.20. The van der Waals surface area contributed by atoms with Crippen molar-refractivity contribution < 1.29 is 9.53 Å². The lowest BCUT2D eigenvalue weighted by Crippen LogP contribution is -2.27. The molecule has 4 heteroatoms. The molecule has 2 rings (SSSR count). The van der Waals surface area contributed by atoms with Gasteiger partial charge in [-0.2, -0.15) is 0 Å². The van der Waals surface area contributed by atoms with Crippen LogP contribution in [-0.2, 0) is 11.2 Å². The summed E-state index contributed by atoms with van der Waals surface area (Å²) < 4.78 is 5.21. The van der Waals surface area contributed by atoms with Gasteiger partial charge in [-0.3, -0.25) is 5.32 Å². The number of fused-ring (bicyclic) bond motifs is 1. The molecule has 1 aliphatic carbocycles. The van der Waals surface area contributed by atoms with Crippen molar-refractivity contribution in [2.24, 2.45) is 5.73 Å². The maximum atomic E-state index is 11.6. The Morgan fingerprint density at radius 3 is 2.83 bits per heavy atom. The van der Waals surface area contributed by atoms with Crippen molar-refractivity contribution in [3.63, 3.8) is 0 Å². The van der Waals surface area contributed by atoms with E-state index in [1.165, 1.54) is 11.1 Å². The minimum Gasteiger partial charge on any atom is -0.444 e. The van der Waals surface area contributed by atoms with Crippen LogP contribution in [0.25, 0.3) is 0 Å². The zero-order valence-corrected chi connectivity index (χ0v) is 11.1. The molecule has 0 fully saturated rings. The molecule has 0 saturated carbocycles. The number of aryl methyl sites for hydroxylation is 1. The van der Waals surface area contributed by atoms with Crippen molar-refractivity contribution in [3.05, 3.63) is 29.3 Å². The number of carbonyl (C=O) groups excluding carboxylic acids is 1. The molecule has 1 aliphatic rings. The van der Waals surface area contributed by atoms with E-state index in [0.29, 0.717) is 0 Å². The van der Waals surface area contributed by atoms with E-state index in [9.17, 15) is 4.79 Å². The minimum atomic E-state index is -0.483. The van der Waals surface area contributed by atoms with Gasteiger partial charge in [0.25, 0.3) is 0 Å². The van der Waals surface area contributed by atoms with E-state index in [2.05, 4.69) is 5.32 Å². The van der Waals surface area contributed by atoms with Gasteiger partial charge in [-0.1, -0.05) is 6.07 Å². The van der Waals surface area contributed by atoms with Gasteiger partial charge in [0.1, 0.15) is 5.60 Å². The number of anilines is 1. The lowest BCUT2D eigenvalue weighted by Gasteiger charge is -2.19. The summed E-state index contributed by atoms with van der Waals surface area (Å²) in [6, 6.07) is 5.97. The highest BCUT2D eigenvalue weighted by atomic mass is 16.6. The van der Waals surface area contributed by atoms with Gasteiger partial charge in [-0.15, -0.1) is 0 Å². The number of hydrogen-bond acceptors (Lipinski definition) is 3. The Balaban J connectivity index is 2.05. The van der Waals surface area contributed by atoms with Crippen LogP contribution in [0.5, 0.6) is 0 Å². The predicted molar refractivity (Wildman–Crippen MR) is 71.5 cm³/mol. The summed E-state index contributed by atoms with van der Waals surface area (Å²) in [6.07, 6.45) is 1.52. The number of rotatable bonds is 1. The maximum Gasteiger partial charge on any atom is 0.412 e. The number of benzene rings is 1. The molecule has 1 aromatic carbocycles. The summed E-state index contributed by atoms with van der Waals surface area (Å²) in [5.41, 5.74) is 8.65. The first kappa shape index (κ1) is 12.9.